The third-order valence-electron chi connectivity index (χ3n) is 5.00. The molecule has 2 aromatic carbocycles. The van der Waals surface area contributed by atoms with E-state index in [1.165, 1.54) is 36.4 Å². The Morgan fingerprint density at radius 2 is 0.857 bits per heavy atom. The molecule has 0 aliphatic rings. The molecule has 0 saturated heterocycles. The van der Waals surface area contributed by atoms with Crippen LogP contribution in [0, 0.1) is 0 Å². The number of hydrogen-bond acceptors (Lipinski definition) is 10. The van der Waals surface area contributed by atoms with E-state index in [1.54, 1.807) is 0 Å². The van der Waals surface area contributed by atoms with Crippen LogP contribution in [0.25, 0.3) is 0 Å². The van der Waals surface area contributed by atoms with E-state index in [-0.39, 0.29) is 31.5 Å². The van der Waals surface area contributed by atoms with Gasteiger partial charge in [-0.25, -0.2) is 0 Å². The topological polar surface area (TPSA) is 163 Å². The van der Waals surface area contributed by atoms with Gasteiger partial charge >= 0.3 is 23.9 Å². The molecule has 2 rings (SSSR count). The van der Waals surface area contributed by atoms with Gasteiger partial charge in [-0.1, -0.05) is 46.4 Å². The summed E-state index contributed by atoms with van der Waals surface area (Å²) in [6, 6.07) is 8.18. The minimum atomic E-state index is -2.09. The SMILES string of the molecule is CC(=O)OC(C(=O)Nc1cc(Cl)ccc1Cl)C(OC(C)=O)C(OC(C)=O)C(OC(C)=O)C(=O)Nc1cc(Cl)ccc1Cl. The van der Waals surface area contributed by atoms with Crippen molar-refractivity contribution in [2.45, 2.75) is 52.1 Å². The number of carbonyl (C=O) groups excluding carboxylic acids is 6. The number of anilines is 2. The average Bonchev–Trinajstić information content (AvgIpc) is 2.87. The monoisotopic (exact) mass is 664 g/mol. The number of halogens is 4. The fraction of sp³-hybridized carbons (Fsp3) is 0.308. The molecule has 0 heterocycles. The molecule has 0 aliphatic carbocycles. The maximum absolute atomic E-state index is 13.5. The molecule has 226 valence electrons. The maximum atomic E-state index is 13.5. The van der Waals surface area contributed by atoms with Crippen LogP contribution < -0.4 is 10.6 Å². The molecule has 0 aromatic heterocycles. The molecule has 0 aliphatic heterocycles. The van der Waals surface area contributed by atoms with Crippen LogP contribution in [0.3, 0.4) is 0 Å². The number of rotatable bonds is 11. The molecule has 0 fully saturated rings. The summed E-state index contributed by atoms with van der Waals surface area (Å²) in [5.74, 6) is -6.46. The van der Waals surface area contributed by atoms with Crippen molar-refractivity contribution in [3.8, 4) is 0 Å². The Bertz CT molecular complexity index is 1280. The highest BCUT2D eigenvalue weighted by atomic mass is 35.5. The van der Waals surface area contributed by atoms with Gasteiger partial charge in [0, 0.05) is 37.7 Å². The van der Waals surface area contributed by atoms with Crippen LogP contribution in [0.2, 0.25) is 20.1 Å². The predicted octanol–water partition coefficient (Wildman–Crippen LogP) is 4.60. The lowest BCUT2D eigenvalue weighted by molar-refractivity contribution is -0.198. The fourth-order valence-corrected chi connectivity index (χ4v) is 4.15. The number of hydrogen-bond donors (Lipinski definition) is 2. The zero-order valence-electron chi connectivity index (χ0n) is 22.4. The maximum Gasteiger partial charge on any atom is 0.303 e. The largest absolute Gasteiger partial charge is 0.454 e. The van der Waals surface area contributed by atoms with E-state index in [0.717, 1.165) is 27.7 Å². The highest BCUT2D eigenvalue weighted by molar-refractivity contribution is 6.36. The first-order chi connectivity index (χ1) is 19.6. The van der Waals surface area contributed by atoms with E-state index in [0.29, 0.717) is 0 Å². The third-order valence-corrected chi connectivity index (χ3v) is 6.13. The van der Waals surface area contributed by atoms with Crippen molar-refractivity contribution in [1.82, 2.24) is 0 Å². The minimum Gasteiger partial charge on any atom is -0.454 e. The first-order valence-electron chi connectivity index (χ1n) is 11.8. The molecule has 12 nitrogen and oxygen atoms in total. The first kappa shape index (κ1) is 34.6. The van der Waals surface area contributed by atoms with Crippen molar-refractivity contribution in [3.05, 3.63) is 56.5 Å². The smallest absolute Gasteiger partial charge is 0.303 e. The molecule has 2 N–H and O–H groups in total. The van der Waals surface area contributed by atoms with Crippen molar-refractivity contribution < 1.29 is 47.7 Å². The van der Waals surface area contributed by atoms with Crippen LogP contribution in [-0.4, -0.2) is 60.1 Å². The van der Waals surface area contributed by atoms with Gasteiger partial charge in [-0.3, -0.25) is 28.8 Å². The molecule has 0 radical (unpaired) electrons. The zero-order chi connectivity index (χ0) is 31.7. The fourth-order valence-electron chi connectivity index (χ4n) is 3.48. The molecular weight excluding hydrogens is 642 g/mol. The standard InChI is InChI=1S/C26H24Cl4N2O10/c1-11(33)39-21(23(41-13(3)35)25(37)31-19-9-15(27)5-7-17(19)29)22(40-12(2)34)24(42-14(4)36)26(38)32-20-10-16(28)6-8-18(20)30/h5-10,21-24H,1-4H3,(H,31,37)(H,32,38). The highest BCUT2D eigenvalue weighted by Crippen LogP contribution is 2.29. The number of benzene rings is 2. The minimum absolute atomic E-state index is 0.0261. The number of ether oxygens (including phenoxy) is 4. The number of amides is 2. The summed E-state index contributed by atoms with van der Waals surface area (Å²) in [6.07, 6.45) is -8.30. The van der Waals surface area contributed by atoms with Gasteiger partial charge in [-0.15, -0.1) is 0 Å². The Hall–Kier alpha value is -3.58. The van der Waals surface area contributed by atoms with Gasteiger partial charge in [0.1, 0.15) is 0 Å². The molecule has 2 amide bonds. The van der Waals surface area contributed by atoms with E-state index in [2.05, 4.69) is 10.6 Å². The molecule has 0 spiro atoms. The van der Waals surface area contributed by atoms with E-state index < -0.39 is 60.1 Å². The van der Waals surface area contributed by atoms with E-state index >= 15 is 0 Å². The Kier molecular flexibility index (Phi) is 12.9. The van der Waals surface area contributed by atoms with E-state index in [9.17, 15) is 28.8 Å². The summed E-state index contributed by atoms with van der Waals surface area (Å²) < 4.78 is 20.9. The number of carbonyl (C=O) groups is 6. The van der Waals surface area contributed by atoms with E-state index in [1.807, 2.05) is 0 Å². The lowest BCUT2D eigenvalue weighted by Gasteiger charge is -2.34. The summed E-state index contributed by atoms with van der Waals surface area (Å²) in [5, 5.41) is 5.18. The predicted molar refractivity (Wildman–Crippen MR) is 152 cm³/mol. The van der Waals surface area contributed by atoms with Crippen LogP contribution in [0.5, 0.6) is 0 Å². The lowest BCUT2D eigenvalue weighted by Crippen LogP contribution is -2.57. The molecule has 16 heteroatoms. The van der Waals surface area contributed by atoms with Crippen molar-refractivity contribution in [1.29, 1.82) is 0 Å². The summed E-state index contributed by atoms with van der Waals surface area (Å²) in [7, 11) is 0. The number of esters is 4. The molecule has 4 unspecified atom stereocenters. The van der Waals surface area contributed by atoms with Crippen LogP contribution in [0.1, 0.15) is 27.7 Å². The normalized spacial score (nSPS) is 13.4. The Balaban J connectivity index is 2.66. The van der Waals surface area contributed by atoms with Crippen LogP contribution in [0.4, 0.5) is 11.4 Å². The van der Waals surface area contributed by atoms with Gasteiger partial charge < -0.3 is 29.6 Å². The summed E-state index contributed by atoms with van der Waals surface area (Å²) >= 11 is 24.2. The number of nitrogens with one attached hydrogen (secondary N) is 2. The Labute approximate surface area is 259 Å². The molecule has 42 heavy (non-hydrogen) atoms. The van der Waals surface area contributed by atoms with E-state index in [4.69, 9.17) is 65.4 Å². The van der Waals surface area contributed by atoms with Crippen molar-refractivity contribution in [2.24, 2.45) is 0 Å². The molecule has 2 aromatic rings. The van der Waals surface area contributed by atoms with Crippen LogP contribution in [-0.2, 0) is 47.7 Å². The lowest BCUT2D eigenvalue weighted by atomic mass is 10.00. The van der Waals surface area contributed by atoms with Crippen molar-refractivity contribution in [3.63, 3.8) is 0 Å². The van der Waals surface area contributed by atoms with Crippen molar-refractivity contribution in [2.75, 3.05) is 10.6 Å². The second kappa shape index (κ2) is 15.6. The van der Waals surface area contributed by atoms with Gasteiger partial charge in [-0.05, 0) is 36.4 Å². The van der Waals surface area contributed by atoms with Gasteiger partial charge in [0.2, 0.25) is 12.2 Å². The first-order valence-corrected chi connectivity index (χ1v) is 13.3. The molecule has 0 bridgehead atoms. The second-order valence-electron chi connectivity index (χ2n) is 8.44. The quantitative estimate of drug-likeness (QED) is 0.256. The van der Waals surface area contributed by atoms with Crippen molar-refractivity contribution >= 4 is 93.5 Å². The summed E-state index contributed by atoms with van der Waals surface area (Å²) in [6.45, 7) is 3.74. The molecular formula is C26H24Cl4N2O10. The second-order valence-corrected chi connectivity index (χ2v) is 10.1. The zero-order valence-corrected chi connectivity index (χ0v) is 25.4. The Morgan fingerprint density at radius 1 is 0.548 bits per heavy atom. The van der Waals surface area contributed by atoms with Gasteiger partial charge in [0.25, 0.3) is 11.8 Å². The van der Waals surface area contributed by atoms with Crippen LogP contribution in [0.15, 0.2) is 36.4 Å². The van der Waals surface area contributed by atoms with Gasteiger partial charge in [0.15, 0.2) is 12.2 Å². The molecule has 4 atom stereocenters. The molecule has 0 saturated carbocycles. The Morgan fingerprint density at radius 3 is 1.14 bits per heavy atom. The van der Waals surface area contributed by atoms with Gasteiger partial charge in [-0.2, -0.15) is 0 Å². The van der Waals surface area contributed by atoms with Gasteiger partial charge in [0.05, 0.1) is 21.4 Å². The average molecular weight is 666 g/mol. The van der Waals surface area contributed by atoms with Crippen LogP contribution >= 0.6 is 46.4 Å². The summed E-state index contributed by atoms with van der Waals surface area (Å²) in [4.78, 5) is 75.4. The summed E-state index contributed by atoms with van der Waals surface area (Å²) in [5.41, 5.74) is -0.0522. The third kappa shape index (κ3) is 10.4. The highest BCUT2D eigenvalue weighted by Gasteiger charge is 2.49.